The first kappa shape index (κ1) is 15.1. The SMILES string of the molecule is Cn1nc(-c2cnn(C(=O)OC(C)(C)C)c2)c2cc(N)ccc21. The fourth-order valence-electron chi connectivity index (χ4n) is 2.35. The molecule has 0 unspecified atom stereocenters. The quantitative estimate of drug-likeness (QED) is 0.698. The number of hydrogen-bond acceptors (Lipinski definition) is 5. The van der Waals surface area contributed by atoms with Crippen molar-refractivity contribution in [1.82, 2.24) is 19.6 Å². The summed E-state index contributed by atoms with van der Waals surface area (Å²) in [5.74, 6) is 0. The molecule has 0 radical (unpaired) electrons. The van der Waals surface area contributed by atoms with Crippen LogP contribution < -0.4 is 5.73 Å². The lowest BCUT2D eigenvalue weighted by atomic mass is 10.1. The van der Waals surface area contributed by atoms with Crippen LogP contribution in [0.5, 0.6) is 0 Å². The highest BCUT2D eigenvalue weighted by molar-refractivity contribution is 5.95. The van der Waals surface area contributed by atoms with Gasteiger partial charge in [0.05, 0.1) is 11.7 Å². The van der Waals surface area contributed by atoms with Crippen molar-refractivity contribution in [2.45, 2.75) is 26.4 Å². The summed E-state index contributed by atoms with van der Waals surface area (Å²) in [5.41, 5.74) is 8.37. The molecule has 0 aliphatic heterocycles. The summed E-state index contributed by atoms with van der Waals surface area (Å²) in [6.07, 6.45) is 2.68. The predicted molar refractivity (Wildman–Crippen MR) is 88.0 cm³/mol. The third-order valence-electron chi connectivity index (χ3n) is 3.31. The van der Waals surface area contributed by atoms with Crippen LogP contribution in [0.2, 0.25) is 0 Å². The van der Waals surface area contributed by atoms with E-state index in [0.29, 0.717) is 5.69 Å². The number of carbonyl (C=O) groups is 1. The predicted octanol–water partition coefficient (Wildman–Crippen LogP) is 2.80. The smallest absolute Gasteiger partial charge is 0.435 e. The number of nitrogens with zero attached hydrogens (tertiary/aromatic N) is 4. The van der Waals surface area contributed by atoms with Crippen LogP contribution in [0, 0.1) is 0 Å². The average Bonchev–Trinajstić information content (AvgIpc) is 3.02. The highest BCUT2D eigenvalue weighted by Gasteiger charge is 2.20. The number of aryl methyl sites for hydroxylation is 1. The number of aromatic nitrogens is 4. The number of anilines is 1. The summed E-state index contributed by atoms with van der Waals surface area (Å²) >= 11 is 0. The monoisotopic (exact) mass is 313 g/mol. The molecule has 0 saturated carbocycles. The van der Waals surface area contributed by atoms with Crippen molar-refractivity contribution in [2.24, 2.45) is 7.05 Å². The lowest BCUT2D eigenvalue weighted by Gasteiger charge is -2.18. The third kappa shape index (κ3) is 2.90. The molecule has 3 rings (SSSR count). The van der Waals surface area contributed by atoms with Gasteiger partial charge in [0.25, 0.3) is 0 Å². The van der Waals surface area contributed by atoms with Gasteiger partial charge in [0.15, 0.2) is 0 Å². The van der Waals surface area contributed by atoms with E-state index in [0.717, 1.165) is 22.2 Å². The van der Waals surface area contributed by atoms with Crippen LogP contribution in [-0.4, -0.2) is 31.3 Å². The Kier molecular flexibility index (Phi) is 3.35. The molecule has 120 valence electrons. The van der Waals surface area contributed by atoms with E-state index in [1.165, 1.54) is 4.68 Å². The average molecular weight is 313 g/mol. The number of hydrogen-bond donors (Lipinski definition) is 1. The number of benzene rings is 1. The van der Waals surface area contributed by atoms with Crippen molar-refractivity contribution in [3.63, 3.8) is 0 Å². The maximum absolute atomic E-state index is 12.1. The molecule has 2 N–H and O–H groups in total. The van der Waals surface area contributed by atoms with Gasteiger partial charge in [0.1, 0.15) is 11.3 Å². The standard InChI is InChI=1S/C16H19N5O2/c1-16(2,3)23-15(22)21-9-10(8-18-21)14-12-7-11(17)5-6-13(12)20(4)19-14/h5-9H,17H2,1-4H3. The van der Waals surface area contributed by atoms with Gasteiger partial charge in [-0.2, -0.15) is 14.9 Å². The van der Waals surface area contributed by atoms with Crippen LogP contribution >= 0.6 is 0 Å². The molecule has 23 heavy (non-hydrogen) atoms. The number of rotatable bonds is 1. The lowest BCUT2D eigenvalue weighted by Crippen LogP contribution is -2.27. The molecule has 2 aromatic heterocycles. The number of ether oxygens (including phenoxy) is 1. The first-order valence-electron chi connectivity index (χ1n) is 7.25. The molecule has 0 bridgehead atoms. The van der Waals surface area contributed by atoms with Crippen LogP contribution in [0.1, 0.15) is 20.8 Å². The van der Waals surface area contributed by atoms with E-state index < -0.39 is 11.7 Å². The molecule has 0 atom stereocenters. The zero-order valence-corrected chi connectivity index (χ0v) is 13.6. The van der Waals surface area contributed by atoms with Crippen molar-refractivity contribution >= 4 is 22.7 Å². The summed E-state index contributed by atoms with van der Waals surface area (Å²) in [5, 5.41) is 9.49. The van der Waals surface area contributed by atoms with E-state index in [2.05, 4.69) is 10.2 Å². The largest absolute Gasteiger partial charge is 0.442 e. The van der Waals surface area contributed by atoms with Crippen LogP contribution in [0.3, 0.4) is 0 Å². The zero-order valence-electron chi connectivity index (χ0n) is 13.6. The van der Waals surface area contributed by atoms with Gasteiger partial charge in [0.2, 0.25) is 0 Å². The van der Waals surface area contributed by atoms with Crippen molar-refractivity contribution in [2.75, 3.05) is 5.73 Å². The molecular weight excluding hydrogens is 294 g/mol. The Labute approximate surface area is 133 Å². The Morgan fingerprint density at radius 1 is 1.30 bits per heavy atom. The highest BCUT2D eigenvalue weighted by atomic mass is 16.6. The number of nitrogens with two attached hydrogens (primary N) is 1. The van der Waals surface area contributed by atoms with Crippen molar-refractivity contribution < 1.29 is 9.53 Å². The molecule has 0 spiro atoms. The molecular formula is C16H19N5O2. The van der Waals surface area contributed by atoms with E-state index in [4.69, 9.17) is 10.5 Å². The van der Waals surface area contributed by atoms with E-state index in [9.17, 15) is 4.79 Å². The maximum atomic E-state index is 12.1. The number of fused-ring (bicyclic) bond motifs is 1. The lowest BCUT2D eigenvalue weighted by molar-refractivity contribution is 0.0514. The number of nitrogen functional groups attached to an aromatic ring is 1. The molecule has 0 aliphatic rings. The van der Waals surface area contributed by atoms with Crippen molar-refractivity contribution in [3.8, 4) is 11.3 Å². The van der Waals surface area contributed by atoms with Gasteiger partial charge in [-0.05, 0) is 39.0 Å². The molecule has 0 fully saturated rings. The van der Waals surface area contributed by atoms with Gasteiger partial charge < -0.3 is 10.5 Å². The minimum Gasteiger partial charge on any atom is -0.442 e. The maximum Gasteiger partial charge on any atom is 0.435 e. The van der Waals surface area contributed by atoms with Crippen LogP contribution in [0.15, 0.2) is 30.6 Å². The summed E-state index contributed by atoms with van der Waals surface area (Å²) in [6, 6.07) is 5.61. The van der Waals surface area contributed by atoms with Crippen LogP contribution in [-0.2, 0) is 11.8 Å². The van der Waals surface area contributed by atoms with Gasteiger partial charge in [-0.1, -0.05) is 0 Å². The normalized spacial score (nSPS) is 11.8. The Morgan fingerprint density at radius 3 is 2.74 bits per heavy atom. The molecule has 1 aromatic carbocycles. The van der Waals surface area contributed by atoms with E-state index in [1.807, 2.05) is 46.0 Å². The highest BCUT2D eigenvalue weighted by Crippen LogP contribution is 2.28. The molecule has 0 saturated heterocycles. The Morgan fingerprint density at radius 2 is 2.04 bits per heavy atom. The second-order valence-corrected chi connectivity index (χ2v) is 6.40. The van der Waals surface area contributed by atoms with E-state index >= 15 is 0 Å². The molecule has 3 aromatic rings. The second-order valence-electron chi connectivity index (χ2n) is 6.40. The minimum atomic E-state index is -0.574. The molecule has 7 heteroatoms. The first-order valence-corrected chi connectivity index (χ1v) is 7.25. The van der Waals surface area contributed by atoms with E-state index in [-0.39, 0.29) is 0 Å². The summed E-state index contributed by atoms with van der Waals surface area (Å²) in [4.78, 5) is 12.1. The van der Waals surface area contributed by atoms with Crippen LogP contribution in [0.25, 0.3) is 22.2 Å². The topological polar surface area (TPSA) is 88.0 Å². The molecule has 2 heterocycles. The van der Waals surface area contributed by atoms with Crippen molar-refractivity contribution in [3.05, 3.63) is 30.6 Å². The molecule has 0 amide bonds. The number of carbonyl (C=O) groups excluding carboxylic acids is 1. The van der Waals surface area contributed by atoms with Gasteiger partial charge in [-0.3, -0.25) is 4.68 Å². The Hall–Kier alpha value is -2.83. The second kappa shape index (κ2) is 5.12. The summed E-state index contributed by atoms with van der Waals surface area (Å²) < 4.78 is 8.25. The van der Waals surface area contributed by atoms with Gasteiger partial charge in [-0.25, -0.2) is 4.79 Å². The summed E-state index contributed by atoms with van der Waals surface area (Å²) in [6.45, 7) is 5.43. The zero-order chi connectivity index (χ0) is 16.8. The van der Waals surface area contributed by atoms with Gasteiger partial charge in [-0.15, -0.1) is 0 Å². The third-order valence-corrected chi connectivity index (χ3v) is 3.31. The Balaban J connectivity index is 2.01. The fourth-order valence-corrected chi connectivity index (χ4v) is 2.35. The first-order chi connectivity index (χ1) is 10.7. The van der Waals surface area contributed by atoms with Gasteiger partial charge >= 0.3 is 6.09 Å². The van der Waals surface area contributed by atoms with Crippen molar-refractivity contribution in [1.29, 1.82) is 0 Å². The minimum absolute atomic E-state index is 0.525. The summed E-state index contributed by atoms with van der Waals surface area (Å²) in [7, 11) is 1.86. The Bertz CT molecular complexity index is 886. The fraction of sp³-hybridized carbons (Fsp3) is 0.312. The van der Waals surface area contributed by atoms with Crippen LogP contribution in [0.4, 0.5) is 10.5 Å². The molecule has 0 aliphatic carbocycles. The van der Waals surface area contributed by atoms with Gasteiger partial charge in [0, 0.05) is 29.9 Å². The van der Waals surface area contributed by atoms with E-state index in [1.54, 1.807) is 17.1 Å². The molecule has 7 nitrogen and oxygen atoms in total.